The molecule has 1 saturated carbocycles. The zero-order valence-corrected chi connectivity index (χ0v) is 14.9. The van der Waals surface area contributed by atoms with Crippen molar-refractivity contribution in [3.63, 3.8) is 0 Å². The van der Waals surface area contributed by atoms with Crippen molar-refractivity contribution in [2.75, 3.05) is 4.72 Å². The standard InChI is InChI=1S/C17H26N2O3S/c1-17(2,3)23(21,22)19-15-11-9-13(10-12-15)16(20)18-14-7-5-4-6-8-14/h9-12,14,19H,4-8H2,1-3H3,(H,18,20). The van der Waals surface area contributed by atoms with E-state index in [2.05, 4.69) is 10.0 Å². The van der Waals surface area contributed by atoms with Crippen LogP contribution in [0.5, 0.6) is 0 Å². The Morgan fingerprint density at radius 3 is 2.13 bits per heavy atom. The van der Waals surface area contributed by atoms with Crippen LogP contribution in [0.4, 0.5) is 5.69 Å². The van der Waals surface area contributed by atoms with Crippen LogP contribution in [0.25, 0.3) is 0 Å². The summed E-state index contributed by atoms with van der Waals surface area (Å²) in [5.41, 5.74) is 1.02. The predicted molar refractivity (Wildman–Crippen MR) is 93.1 cm³/mol. The predicted octanol–water partition coefficient (Wildman–Crippen LogP) is 3.29. The Bertz CT molecular complexity index is 639. The van der Waals surface area contributed by atoms with Gasteiger partial charge in [0.25, 0.3) is 5.91 Å². The first-order valence-corrected chi connectivity index (χ1v) is 9.61. The molecule has 6 heteroatoms. The number of anilines is 1. The molecule has 128 valence electrons. The number of nitrogens with one attached hydrogen (secondary N) is 2. The summed E-state index contributed by atoms with van der Waals surface area (Å²) in [6.45, 7) is 4.92. The van der Waals surface area contributed by atoms with E-state index in [-0.39, 0.29) is 11.9 Å². The highest BCUT2D eigenvalue weighted by atomic mass is 32.2. The highest BCUT2D eigenvalue weighted by Crippen LogP contribution is 2.21. The molecular weight excluding hydrogens is 312 g/mol. The summed E-state index contributed by atoms with van der Waals surface area (Å²) in [4.78, 5) is 12.2. The van der Waals surface area contributed by atoms with Gasteiger partial charge in [-0.3, -0.25) is 9.52 Å². The average Bonchev–Trinajstić information content (AvgIpc) is 2.47. The summed E-state index contributed by atoms with van der Waals surface area (Å²) in [5.74, 6) is -0.0953. The van der Waals surface area contributed by atoms with Gasteiger partial charge in [0.15, 0.2) is 0 Å². The van der Waals surface area contributed by atoms with Crippen LogP contribution in [-0.4, -0.2) is 25.1 Å². The number of rotatable bonds is 4. The molecule has 0 unspecified atom stereocenters. The van der Waals surface area contributed by atoms with E-state index in [0.717, 1.165) is 12.8 Å². The van der Waals surface area contributed by atoms with Gasteiger partial charge in [-0.05, 0) is 57.9 Å². The second-order valence-electron chi connectivity index (χ2n) is 7.10. The Hall–Kier alpha value is -1.56. The molecule has 1 aliphatic carbocycles. The molecule has 0 saturated heterocycles. The quantitative estimate of drug-likeness (QED) is 0.884. The molecule has 0 radical (unpaired) electrons. The third kappa shape index (κ3) is 4.70. The van der Waals surface area contributed by atoms with Crippen LogP contribution in [0, 0.1) is 0 Å². The summed E-state index contributed by atoms with van der Waals surface area (Å²) in [6.07, 6.45) is 5.65. The van der Waals surface area contributed by atoms with Crippen molar-refractivity contribution in [2.24, 2.45) is 0 Å². The summed E-state index contributed by atoms with van der Waals surface area (Å²) in [5, 5.41) is 3.05. The van der Waals surface area contributed by atoms with E-state index in [1.54, 1.807) is 45.0 Å². The van der Waals surface area contributed by atoms with Gasteiger partial charge in [0.1, 0.15) is 0 Å². The molecule has 1 aromatic carbocycles. The number of benzene rings is 1. The minimum Gasteiger partial charge on any atom is -0.349 e. The van der Waals surface area contributed by atoms with E-state index >= 15 is 0 Å². The maximum atomic E-state index is 12.2. The molecule has 1 aromatic rings. The van der Waals surface area contributed by atoms with E-state index in [0.29, 0.717) is 11.3 Å². The molecule has 1 amide bonds. The highest BCUT2D eigenvalue weighted by Gasteiger charge is 2.28. The van der Waals surface area contributed by atoms with Gasteiger partial charge in [0, 0.05) is 17.3 Å². The molecule has 2 N–H and O–H groups in total. The van der Waals surface area contributed by atoms with Crippen molar-refractivity contribution in [3.8, 4) is 0 Å². The Labute approximate surface area is 138 Å². The minimum atomic E-state index is -3.46. The van der Waals surface area contributed by atoms with Gasteiger partial charge in [-0.15, -0.1) is 0 Å². The van der Waals surface area contributed by atoms with Crippen molar-refractivity contribution in [1.29, 1.82) is 0 Å². The maximum Gasteiger partial charge on any atom is 0.251 e. The number of amides is 1. The van der Waals surface area contributed by atoms with Crippen molar-refractivity contribution < 1.29 is 13.2 Å². The number of hydrogen-bond donors (Lipinski definition) is 2. The Kier molecular flexibility index (Phi) is 5.34. The topological polar surface area (TPSA) is 75.3 Å². The second-order valence-corrected chi connectivity index (χ2v) is 9.54. The molecule has 0 heterocycles. The number of hydrogen-bond acceptors (Lipinski definition) is 3. The summed E-state index contributed by atoms with van der Waals surface area (Å²) >= 11 is 0. The van der Waals surface area contributed by atoms with Crippen LogP contribution >= 0.6 is 0 Å². The fourth-order valence-electron chi connectivity index (χ4n) is 2.51. The molecule has 2 rings (SSSR count). The van der Waals surface area contributed by atoms with E-state index < -0.39 is 14.8 Å². The lowest BCUT2D eigenvalue weighted by molar-refractivity contribution is 0.0927. The molecule has 0 atom stereocenters. The first-order valence-electron chi connectivity index (χ1n) is 8.12. The molecule has 0 spiro atoms. The highest BCUT2D eigenvalue weighted by molar-refractivity contribution is 7.94. The van der Waals surface area contributed by atoms with Gasteiger partial charge >= 0.3 is 0 Å². The van der Waals surface area contributed by atoms with Gasteiger partial charge in [-0.2, -0.15) is 0 Å². The zero-order valence-electron chi connectivity index (χ0n) is 14.1. The van der Waals surface area contributed by atoms with Crippen LogP contribution in [-0.2, 0) is 10.0 Å². The second kappa shape index (κ2) is 6.91. The van der Waals surface area contributed by atoms with Crippen LogP contribution in [0.2, 0.25) is 0 Å². The monoisotopic (exact) mass is 338 g/mol. The number of sulfonamides is 1. The average molecular weight is 338 g/mol. The third-order valence-electron chi connectivity index (χ3n) is 4.15. The lowest BCUT2D eigenvalue weighted by Gasteiger charge is -2.23. The molecule has 0 aliphatic heterocycles. The van der Waals surface area contributed by atoms with Gasteiger partial charge < -0.3 is 5.32 Å². The van der Waals surface area contributed by atoms with Crippen LogP contribution in [0.15, 0.2) is 24.3 Å². The van der Waals surface area contributed by atoms with E-state index in [9.17, 15) is 13.2 Å². The third-order valence-corrected chi connectivity index (χ3v) is 6.26. The van der Waals surface area contributed by atoms with Gasteiger partial charge in [-0.1, -0.05) is 19.3 Å². The van der Waals surface area contributed by atoms with Gasteiger partial charge in [0.05, 0.1) is 4.75 Å². The van der Waals surface area contributed by atoms with Crippen LogP contribution < -0.4 is 10.0 Å². The van der Waals surface area contributed by atoms with Crippen molar-refractivity contribution in [3.05, 3.63) is 29.8 Å². The number of carbonyl (C=O) groups excluding carboxylic acids is 1. The summed E-state index contributed by atoms with van der Waals surface area (Å²) < 4.78 is 25.9. The van der Waals surface area contributed by atoms with Crippen molar-refractivity contribution in [1.82, 2.24) is 5.32 Å². The van der Waals surface area contributed by atoms with Gasteiger partial charge in [0.2, 0.25) is 10.0 Å². The first-order chi connectivity index (χ1) is 10.7. The SMILES string of the molecule is CC(C)(C)S(=O)(=O)Nc1ccc(C(=O)NC2CCCCC2)cc1. The molecule has 0 aromatic heterocycles. The zero-order chi connectivity index (χ0) is 17.1. The smallest absolute Gasteiger partial charge is 0.251 e. The largest absolute Gasteiger partial charge is 0.349 e. The first kappa shape index (κ1) is 17.8. The molecule has 5 nitrogen and oxygen atoms in total. The van der Waals surface area contributed by atoms with Crippen molar-refractivity contribution >= 4 is 21.6 Å². The van der Waals surface area contributed by atoms with Crippen LogP contribution in [0.3, 0.4) is 0 Å². The molecule has 1 aliphatic rings. The number of carbonyl (C=O) groups is 1. The summed E-state index contributed by atoms with van der Waals surface area (Å²) in [6, 6.07) is 6.81. The molecule has 1 fully saturated rings. The summed E-state index contributed by atoms with van der Waals surface area (Å²) in [7, 11) is -3.46. The molecule has 0 bridgehead atoms. The Morgan fingerprint density at radius 2 is 1.61 bits per heavy atom. The maximum absolute atomic E-state index is 12.2. The lowest BCUT2D eigenvalue weighted by atomic mass is 9.95. The van der Waals surface area contributed by atoms with E-state index in [1.807, 2.05) is 0 Å². The minimum absolute atomic E-state index is 0.0953. The normalized spacial score (nSPS) is 16.8. The van der Waals surface area contributed by atoms with Gasteiger partial charge in [-0.25, -0.2) is 8.42 Å². The Morgan fingerprint density at radius 1 is 1.04 bits per heavy atom. The lowest BCUT2D eigenvalue weighted by Crippen LogP contribution is -2.36. The van der Waals surface area contributed by atoms with E-state index in [4.69, 9.17) is 0 Å². The fraction of sp³-hybridized carbons (Fsp3) is 0.588. The Balaban J connectivity index is 2.00. The van der Waals surface area contributed by atoms with E-state index in [1.165, 1.54) is 19.3 Å². The fourth-order valence-corrected chi connectivity index (χ4v) is 3.27. The molecular formula is C17H26N2O3S. The molecule has 23 heavy (non-hydrogen) atoms. The van der Waals surface area contributed by atoms with Crippen LogP contribution in [0.1, 0.15) is 63.2 Å². The van der Waals surface area contributed by atoms with Crippen molar-refractivity contribution in [2.45, 2.75) is 63.7 Å².